The van der Waals surface area contributed by atoms with Gasteiger partial charge in [0.25, 0.3) is 0 Å². The normalized spacial score (nSPS) is 15.6. The molecule has 0 fully saturated rings. The fraction of sp³-hybridized carbons (Fsp3) is 0.111. The summed E-state index contributed by atoms with van der Waals surface area (Å²) in [5.41, 5.74) is 2.07. The molecule has 0 amide bonds. The van der Waals surface area contributed by atoms with E-state index in [0.717, 1.165) is 5.56 Å². The second-order valence-electron chi connectivity index (χ2n) is 4.97. The minimum atomic E-state index is -0.469. The van der Waals surface area contributed by atoms with Gasteiger partial charge in [0.15, 0.2) is 5.78 Å². The Balaban J connectivity index is 2.02. The maximum Gasteiger partial charge on any atom is 0.192 e. The van der Waals surface area contributed by atoms with Crippen molar-refractivity contribution < 1.29 is 13.9 Å². The third kappa shape index (κ3) is 2.75. The number of halogens is 1. The molecule has 0 aliphatic carbocycles. The molecule has 0 radical (unpaired) electrons. The van der Waals surface area contributed by atoms with Crippen molar-refractivity contribution in [2.24, 2.45) is 0 Å². The fourth-order valence-electron chi connectivity index (χ4n) is 2.40. The minimum Gasteiger partial charge on any atom is -0.492 e. The Labute approximate surface area is 127 Å². The van der Waals surface area contributed by atoms with E-state index in [9.17, 15) is 9.18 Å². The zero-order chi connectivity index (χ0) is 15.5. The monoisotopic (exact) mass is 293 g/mol. The summed E-state index contributed by atoms with van der Waals surface area (Å²) >= 11 is 0. The predicted octanol–water partition coefficient (Wildman–Crippen LogP) is 3.75. The van der Waals surface area contributed by atoms with Gasteiger partial charge in [0.1, 0.15) is 11.6 Å². The molecule has 0 bridgehead atoms. The van der Waals surface area contributed by atoms with Crippen LogP contribution in [0.2, 0.25) is 0 Å². The molecular weight excluding hydrogens is 281 g/mol. The summed E-state index contributed by atoms with van der Waals surface area (Å²) in [7, 11) is 0. The molecule has 1 aliphatic rings. The number of carbonyl (C=O) groups excluding carboxylic acids is 1. The third-order valence-electron chi connectivity index (χ3n) is 3.46. The van der Waals surface area contributed by atoms with Crippen LogP contribution in [0, 0.1) is 17.1 Å². The van der Waals surface area contributed by atoms with Gasteiger partial charge in [0.05, 0.1) is 23.8 Å². The average Bonchev–Trinajstić information content (AvgIpc) is 2.68. The molecule has 0 aromatic heterocycles. The van der Waals surface area contributed by atoms with E-state index in [4.69, 9.17) is 10.00 Å². The first kappa shape index (κ1) is 14.0. The van der Waals surface area contributed by atoms with Crippen molar-refractivity contribution in [3.05, 3.63) is 70.5 Å². The van der Waals surface area contributed by atoms with Gasteiger partial charge in [-0.15, -0.1) is 0 Å². The molecule has 0 unspecified atom stereocenters. The molecule has 3 nitrogen and oxygen atoms in total. The molecular formula is C18H12FNO2. The van der Waals surface area contributed by atoms with Crippen LogP contribution in [0.15, 0.2) is 48.0 Å². The lowest BCUT2D eigenvalue weighted by Gasteiger charge is -2.05. The SMILES string of the molecule is N#Cc1cccc(/C=C2\CCOc3ccc(F)cc3C2=O)c1. The first-order valence-corrected chi connectivity index (χ1v) is 6.85. The van der Waals surface area contributed by atoms with Crippen molar-refractivity contribution in [2.45, 2.75) is 6.42 Å². The van der Waals surface area contributed by atoms with E-state index in [1.807, 2.05) is 6.07 Å². The first-order chi connectivity index (χ1) is 10.7. The number of rotatable bonds is 1. The van der Waals surface area contributed by atoms with Gasteiger partial charge in [-0.3, -0.25) is 4.79 Å². The summed E-state index contributed by atoms with van der Waals surface area (Å²) in [6.07, 6.45) is 2.17. The Hall–Kier alpha value is -2.93. The van der Waals surface area contributed by atoms with Gasteiger partial charge in [-0.1, -0.05) is 12.1 Å². The van der Waals surface area contributed by atoms with E-state index in [0.29, 0.717) is 29.9 Å². The zero-order valence-corrected chi connectivity index (χ0v) is 11.7. The van der Waals surface area contributed by atoms with Crippen LogP contribution in [0.3, 0.4) is 0 Å². The number of ketones is 1. The second kappa shape index (κ2) is 5.82. The van der Waals surface area contributed by atoms with Crippen LogP contribution in [-0.2, 0) is 0 Å². The van der Waals surface area contributed by atoms with E-state index in [1.54, 1.807) is 24.3 Å². The number of Topliss-reactive ketones (excluding diaryl/α,β-unsaturated/α-hetero) is 1. The number of nitriles is 1. The van der Waals surface area contributed by atoms with Crippen LogP contribution in [-0.4, -0.2) is 12.4 Å². The molecule has 1 heterocycles. The van der Waals surface area contributed by atoms with E-state index in [2.05, 4.69) is 6.07 Å². The number of benzene rings is 2. The maximum absolute atomic E-state index is 13.4. The highest BCUT2D eigenvalue weighted by atomic mass is 19.1. The van der Waals surface area contributed by atoms with Crippen molar-refractivity contribution >= 4 is 11.9 Å². The number of ether oxygens (including phenoxy) is 1. The Morgan fingerprint density at radius 3 is 2.91 bits per heavy atom. The summed E-state index contributed by atoms with van der Waals surface area (Å²) < 4.78 is 18.9. The van der Waals surface area contributed by atoms with Crippen LogP contribution in [0.1, 0.15) is 27.9 Å². The van der Waals surface area contributed by atoms with Gasteiger partial charge in [-0.2, -0.15) is 5.26 Å². The number of hydrogen-bond acceptors (Lipinski definition) is 3. The van der Waals surface area contributed by atoms with Crippen molar-refractivity contribution in [1.82, 2.24) is 0 Å². The molecule has 0 spiro atoms. The average molecular weight is 293 g/mol. The zero-order valence-electron chi connectivity index (χ0n) is 11.7. The number of fused-ring (bicyclic) bond motifs is 1. The Morgan fingerprint density at radius 2 is 2.09 bits per heavy atom. The lowest BCUT2D eigenvalue weighted by Crippen LogP contribution is -2.02. The molecule has 0 saturated heterocycles. The molecule has 0 atom stereocenters. The smallest absolute Gasteiger partial charge is 0.192 e. The van der Waals surface area contributed by atoms with Gasteiger partial charge >= 0.3 is 0 Å². The lowest BCUT2D eigenvalue weighted by molar-refractivity contribution is 0.103. The van der Waals surface area contributed by atoms with E-state index in [-0.39, 0.29) is 11.3 Å². The van der Waals surface area contributed by atoms with Crippen molar-refractivity contribution in [3.8, 4) is 11.8 Å². The maximum atomic E-state index is 13.4. The van der Waals surface area contributed by atoms with E-state index < -0.39 is 5.82 Å². The van der Waals surface area contributed by atoms with Crippen molar-refractivity contribution in [2.75, 3.05) is 6.61 Å². The fourth-order valence-corrected chi connectivity index (χ4v) is 2.40. The summed E-state index contributed by atoms with van der Waals surface area (Å²) in [5, 5.41) is 8.93. The summed E-state index contributed by atoms with van der Waals surface area (Å²) in [4.78, 5) is 12.6. The van der Waals surface area contributed by atoms with E-state index >= 15 is 0 Å². The molecule has 22 heavy (non-hydrogen) atoms. The summed E-state index contributed by atoms with van der Waals surface area (Å²) in [6.45, 7) is 0.355. The number of carbonyl (C=O) groups is 1. The highest BCUT2D eigenvalue weighted by Crippen LogP contribution is 2.28. The van der Waals surface area contributed by atoms with Gasteiger partial charge in [0.2, 0.25) is 0 Å². The van der Waals surface area contributed by atoms with Gasteiger partial charge < -0.3 is 4.74 Å². The van der Waals surface area contributed by atoms with Crippen LogP contribution < -0.4 is 4.74 Å². The molecule has 4 heteroatoms. The molecule has 1 aliphatic heterocycles. The van der Waals surface area contributed by atoms with Crippen LogP contribution in [0.5, 0.6) is 5.75 Å². The van der Waals surface area contributed by atoms with Gasteiger partial charge in [0, 0.05) is 12.0 Å². The molecule has 0 N–H and O–H groups in total. The predicted molar refractivity (Wildman–Crippen MR) is 80.0 cm³/mol. The van der Waals surface area contributed by atoms with Crippen molar-refractivity contribution in [1.29, 1.82) is 5.26 Å². The summed E-state index contributed by atoms with van der Waals surface area (Å²) in [5.74, 6) is -0.307. The van der Waals surface area contributed by atoms with E-state index in [1.165, 1.54) is 18.2 Å². The summed E-state index contributed by atoms with van der Waals surface area (Å²) in [6, 6.07) is 13.0. The first-order valence-electron chi connectivity index (χ1n) is 6.85. The third-order valence-corrected chi connectivity index (χ3v) is 3.46. The Bertz CT molecular complexity index is 818. The highest BCUT2D eigenvalue weighted by molar-refractivity contribution is 6.13. The molecule has 2 aromatic rings. The highest BCUT2D eigenvalue weighted by Gasteiger charge is 2.21. The Morgan fingerprint density at radius 1 is 1.23 bits per heavy atom. The molecule has 0 saturated carbocycles. The van der Waals surface area contributed by atoms with Crippen molar-refractivity contribution in [3.63, 3.8) is 0 Å². The largest absolute Gasteiger partial charge is 0.492 e. The van der Waals surface area contributed by atoms with Gasteiger partial charge in [-0.25, -0.2) is 4.39 Å². The number of nitrogens with zero attached hydrogens (tertiary/aromatic N) is 1. The van der Waals surface area contributed by atoms with Gasteiger partial charge in [-0.05, 0) is 42.0 Å². The quantitative estimate of drug-likeness (QED) is 0.752. The van der Waals surface area contributed by atoms with Crippen LogP contribution in [0.25, 0.3) is 6.08 Å². The molecule has 3 rings (SSSR count). The number of hydrogen-bond donors (Lipinski definition) is 0. The molecule has 108 valence electrons. The lowest BCUT2D eigenvalue weighted by atomic mass is 9.98. The minimum absolute atomic E-state index is 0.236. The molecule has 2 aromatic carbocycles. The van der Waals surface area contributed by atoms with Crippen LogP contribution >= 0.6 is 0 Å². The standard InChI is InChI=1S/C18H12FNO2/c19-15-4-5-17-16(10-15)18(21)14(6-7-22-17)9-12-2-1-3-13(8-12)11-20/h1-5,8-10H,6-7H2/b14-9+. The topological polar surface area (TPSA) is 50.1 Å². The second-order valence-corrected chi connectivity index (χ2v) is 4.97. The Kier molecular flexibility index (Phi) is 3.71. The van der Waals surface area contributed by atoms with Crippen LogP contribution in [0.4, 0.5) is 4.39 Å².